The maximum absolute atomic E-state index is 10.3. The van der Waals surface area contributed by atoms with Crippen LogP contribution in [0.1, 0.15) is 41.1 Å². The highest BCUT2D eigenvalue weighted by atomic mass is 16.3. The number of aromatic nitrogens is 2. The van der Waals surface area contributed by atoms with Crippen LogP contribution in [0.15, 0.2) is 27.7 Å². The Hall–Kier alpha value is -2.89. The van der Waals surface area contributed by atoms with Crippen LogP contribution in [0.3, 0.4) is 0 Å². The summed E-state index contributed by atoms with van der Waals surface area (Å²) >= 11 is 0. The topological polar surface area (TPSA) is 83.5 Å². The molecule has 1 aliphatic rings. The third-order valence-electron chi connectivity index (χ3n) is 4.48. The fourth-order valence-corrected chi connectivity index (χ4v) is 3.43. The van der Waals surface area contributed by atoms with Crippen molar-refractivity contribution >= 4 is 23.1 Å². The van der Waals surface area contributed by atoms with Crippen LogP contribution in [-0.2, 0) is 12.8 Å². The molecule has 0 unspecified atom stereocenters. The van der Waals surface area contributed by atoms with Crippen LogP contribution in [0.4, 0.5) is 5.95 Å². The van der Waals surface area contributed by atoms with Crippen LogP contribution >= 0.6 is 0 Å². The van der Waals surface area contributed by atoms with Crippen molar-refractivity contribution in [3.8, 4) is 5.75 Å². The monoisotopic (exact) mass is 336 g/mol. The third kappa shape index (κ3) is 2.95. The van der Waals surface area contributed by atoms with Crippen molar-refractivity contribution in [1.29, 1.82) is 0 Å². The number of hydrogen-bond acceptors (Lipinski definition) is 6. The average molecular weight is 336 g/mol. The van der Waals surface area contributed by atoms with E-state index < -0.39 is 0 Å². The first-order valence-corrected chi connectivity index (χ1v) is 8.49. The molecule has 0 bridgehead atoms. The van der Waals surface area contributed by atoms with E-state index in [4.69, 9.17) is 4.42 Å². The van der Waals surface area contributed by atoms with E-state index in [1.54, 1.807) is 12.3 Å². The van der Waals surface area contributed by atoms with E-state index in [0.29, 0.717) is 11.5 Å². The van der Waals surface area contributed by atoms with E-state index >= 15 is 0 Å². The first-order chi connectivity index (χ1) is 12.1. The number of rotatable bonds is 3. The third-order valence-corrected chi connectivity index (χ3v) is 4.48. The Bertz CT molecular complexity index is 955. The molecule has 0 radical (unpaired) electrons. The molecule has 0 saturated heterocycles. The van der Waals surface area contributed by atoms with Crippen molar-refractivity contribution < 1.29 is 9.52 Å². The van der Waals surface area contributed by atoms with Crippen molar-refractivity contribution in [1.82, 2.24) is 9.97 Å². The van der Waals surface area contributed by atoms with Gasteiger partial charge in [0.05, 0.1) is 6.21 Å². The minimum absolute atomic E-state index is 0.188. The summed E-state index contributed by atoms with van der Waals surface area (Å²) in [5.74, 6) is 1.66. The number of furan rings is 1. The Kier molecular flexibility index (Phi) is 3.87. The van der Waals surface area contributed by atoms with Crippen molar-refractivity contribution in [3.05, 3.63) is 46.5 Å². The molecule has 128 valence electrons. The summed E-state index contributed by atoms with van der Waals surface area (Å²) in [5.41, 5.74) is 7.26. The molecule has 3 aromatic rings. The Morgan fingerprint density at radius 2 is 1.92 bits per heavy atom. The molecule has 0 fully saturated rings. The summed E-state index contributed by atoms with van der Waals surface area (Å²) in [6.07, 6.45) is 5.83. The van der Waals surface area contributed by atoms with Crippen molar-refractivity contribution in [3.63, 3.8) is 0 Å². The molecule has 0 aliphatic heterocycles. The fraction of sp³-hybridized carbons (Fsp3) is 0.316. The van der Waals surface area contributed by atoms with Gasteiger partial charge in [-0.1, -0.05) is 0 Å². The molecule has 4 rings (SSSR count). The van der Waals surface area contributed by atoms with Gasteiger partial charge in [0.2, 0.25) is 5.95 Å². The molecule has 6 nitrogen and oxygen atoms in total. The van der Waals surface area contributed by atoms with E-state index in [0.717, 1.165) is 53.8 Å². The number of benzene rings is 1. The lowest BCUT2D eigenvalue weighted by molar-refractivity contribution is 0.474. The van der Waals surface area contributed by atoms with Gasteiger partial charge in [-0.05, 0) is 51.3 Å². The molecular weight excluding hydrogens is 316 g/mol. The molecule has 2 aromatic heterocycles. The fourth-order valence-electron chi connectivity index (χ4n) is 3.43. The molecule has 25 heavy (non-hydrogen) atoms. The number of aromatic hydroxyl groups is 1. The summed E-state index contributed by atoms with van der Waals surface area (Å²) in [6.45, 7) is 3.82. The highest BCUT2D eigenvalue weighted by Gasteiger charge is 2.21. The van der Waals surface area contributed by atoms with E-state index in [1.807, 2.05) is 26.0 Å². The molecule has 0 saturated carbocycles. The van der Waals surface area contributed by atoms with Gasteiger partial charge in [-0.3, -0.25) is 0 Å². The summed E-state index contributed by atoms with van der Waals surface area (Å²) < 4.78 is 5.96. The van der Waals surface area contributed by atoms with Gasteiger partial charge in [-0.25, -0.2) is 15.4 Å². The number of anilines is 1. The van der Waals surface area contributed by atoms with Crippen molar-refractivity contribution in [2.24, 2.45) is 5.10 Å². The van der Waals surface area contributed by atoms with E-state index in [9.17, 15) is 5.11 Å². The molecule has 0 amide bonds. The van der Waals surface area contributed by atoms with Crippen LogP contribution in [0.2, 0.25) is 0 Å². The lowest BCUT2D eigenvalue weighted by Gasteiger charge is -2.09. The summed E-state index contributed by atoms with van der Waals surface area (Å²) in [4.78, 5) is 8.59. The normalized spacial score (nSPS) is 14.2. The highest BCUT2D eigenvalue weighted by Crippen LogP contribution is 2.36. The summed E-state index contributed by atoms with van der Waals surface area (Å²) in [5, 5.41) is 15.5. The van der Waals surface area contributed by atoms with Crippen LogP contribution in [0.5, 0.6) is 5.75 Å². The first-order valence-electron chi connectivity index (χ1n) is 8.49. The molecule has 2 heterocycles. The maximum Gasteiger partial charge on any atom is 0.243 e. The zero-order valence-electron chi connectivity index (χ0n) is 14.3. The van der Waals surface area contributed by atoms with E-state index in [2.05, 4.69) is 20.5 Å². The van der Waals surface area contributed by atoms with Gasteiger partial charge in [0.15, 0.2) is 0 Å². The Balaban J connectivity index is 1.70. The second-order valence-electron chi connectivity index (χ2n) is 6.43. The molecular formula is C19H20N4O2. The SMILES string of the molecule is Cc1cc(C)nc(N/N=C/c2c(O)ccc3oc4c(c23)CCCC4)n1. The number of phenolic OH excluding ortho intramolecular Hbond substituents is 1. The van der Waals surface area contributed by atoms with E-state index in [-0.39, 0.29) is 5.75 Å². The van der Waals surface area contributed by atoms with Gasteiger partial charge in [0, 0.05) is 34.3 Å². The lowest BCUT2D eigenvalue weighted by atomic mass is 9.94. The molecule has 0 spiro atoms. The standard InChI is InChI=1S/C19H20N4O2/c1-11-9-12(2)22-19(21-11)23-20-10-14-15(24)7-8-17-18(14)13-5-3-4-6-16(13)25-17/h7-10,24H,3-6H2,1-2H3,(H,21,22,23)/b20-10+. The number of fused-ring (bicyclic) bond motifs is 3. The summed E-state index contributed by atoms with van der Waals surface area (Å²) in [6, 6.07) is 5.37. The van der Waals surface area contributed by atoms with Crippen LogP contribution in [0.25, 0.3) is 11.0 Å². The predicted octanol–water partition coefficient (Wildman–Crippen LogP) is 3.87. The molecule has 0 atom stereocenters. The van der Waals surface area contributed by atoms with Gasteiger partial charge in [0.1, 0.15) is 17.1 Å². The zero-order chi connectivity index (χ0) is 17.4. The Morgan fingerprint density at radius 1 is 1.16 bits per heavy atom. The average Bonchev–Trinajstić information content (AvgIpc) is 2.95. The summed E-state index contributed by atoms with van der Waals surface area (Å²) in [7, 11) is 0. The van der Waals surface area contributed by atoms with Crippen LogP contribution in [-0.4, -0.2) is 21.3 Å². The molecule has 2 N–H and O–H groups in total. The number of aryl methyl sites for hydroxylation is 4. The van der Waals surface area contributed by atoms with Gasteiger partial charge in [-0.2, -0.15) is 5.10 Å². The van der Waals surface area contributed by atoms with Crippen molar-refractivity contribution in [2.45, 2.75) is 39.5 Å². The predicted molar refractivity (Wildman–Crippen MR) is 97.2 cm³/mol. The second kappa shape index (κ2) is 6.20. The minimum atomic E-state index is 0.188. The number of hydrazone groups is 1. The number of nitrogens with zero attached hydrogens (tertiary/aromatic N) is 3. The number of nitrogens with one attached hydrogen (secondary N) is 1. The van der Waals surface area contributed by atoms with Gasteiger partial charge < -0.3 is 9.52 Å². The van der Waals surface area contributed by atoms with Crippen LogP contribution < -0.4 is 5.43 Å². The van der Waals surface area contributed by atoms with Gasteiger partial charge in [0.25, 0.3) is 0 Å². The lowest BCUT2D eigenvalue weighted by Crippen LogP contribution is -2.01. The first kappa shape index (κ1) is 15.6. The maximum atomic E-state index is 10.3. The Morgan fingerprint density at radius 3 is 2.72 bits per heavy atom. The largest absolute Gasteiger partial charge is 0.507 e. The second-order valence-corrected chi connectivity index (χ2v) is 6.43. The minimum Gasteiger partial charge on any atom is -0.507 e. The highest BCUT2D eigenvalue weighted by molar-refractivity contribution is 6.03. The van der Waals surface area contributed by atoms with Gasteiger partial charge >= 0.3 is 0 Å². The Labute approximate surface area is 145 Å². The van der Waals surface area contributed by atoms with Crippen molar-refractivity contribution in [2.75, 3.05) is 5.43 Å². The molecule has 1 aromatic carbocycles. The zero-order valence-corrected chi connectivity index (χ0v) is 14.3. The quantitative estimate of drug-likeness (QED) is 0.560. The molecule has 1 aliphatic carbocycles. The van der Waals surface area contributed by atoms with E-state index in [1.165, 1.54) is 5.56 Å². The van der Waals surface area contributed by atoms with Crippen LogP contribution in [0, 0.1) is 13.8 Å². The number of phenols is 1. The smallest absolute Gasteiger partial charge is 0.243 e. The molecule has 6 heteroatoms. The van der Waals surface area contributed by atoms with Gasteiger partial charge in [-0.15, -0.1) is 0 Å². The number of hydrogen-bond donors (Lipinski definition) is 2.